The summed E-state index contributed by atoms with van der Waals surface area (Å²) in [5.41, 5.74) is -0.417. The van der Waals surface area contributed by atoms with Gasteiger partial charge in [-0.3, -0.25) is 0 Å². The number of hydrogen-bond donors (Lipinski definition) is 2. The molecule has 2 amide bonds. The molecule has 0 unspecified atom stereocenters. The third-order valence-electron chi connectivity index (χ3n) is 3.61. The summed E-state index contributed by atoms with van der Waals surface area (Å²) in [4.78, 5) is 36.3. The number of carbonyl (C=O) groups is 3. The summed E-state index contributed by atoms with van der Waals surface area (Å²) in [7, 11) is 0. The van der Waals surface area contributed by atoms with Crippen LogP contribution in [0.5, 0.6) is 0 Å². The zero-order valence-corrected chi connectivity index (χ0v) is 20.7. The van der Waals surface area contributed by atoms with Gasteiger partial charge in [-0.15, -0.1) is 0 Å². The number of esters is 1. The fraction of sp³-hybridized carbons (Fsp3) is 0.609. The summed E-state index contributed by atoms with van der Waals surface area (Å²) >= 11 is 1.47. The first-order chi connectivity index (χ1) is 14.9. The summed E-state index contributed by atoms with van der Waals surface area (Å²) in [5, 5.41) is 5.29. The lowest BCUT2D eigenvalue weighted by Crippen LogP contribution is -2.47. The number of alkyl carbamates (subject to hydrolysis) is 2. The Morgan fingerprint density at radius 2 is 1.56 bits per heavy atom. The average molecular weight is 469 g/mol. The van der Waals surface area contributed by atoms with Crippen molar-refractivity contribution in [1.29, 1.82) is 0 Å². The molecular weight excluding hydrogens is 432 g/mol. The van der Waals surface area contributed by atoms with Crippen LogP contribution in [0.1, 0.15) is 53.5 Å². The molecule has 8 nitrogen and oxygen atoms in total. The van der Waals surface area contributed by atoms with Gasteiger partial charge in [0.2, 0.25) is 0 Å². The molecule has 0 bridgehead atoms. The summed E-state index contributed by atoms with van der Waals surface area (Å²) in [5.74, 6) is 0.486. The second-order valence-corrected chi connectivity index (χ2v) is 10.3. The van der Waals surface area contributed by atoms with Gasteiger partial charge in [0.05, 0.1) is 0 Å². The van der Waals surface area contributed by atoms with Gasteiger partial charge in [-0.2, -0.15) is 11.8 Å². The fourth-order valence-corrected chi connectivity index (χ4v) is 3.30. The second kappa shape index (κ2) is 13.2. The van der Waals surface area contributed by atoms with Crippen molar-refractivity contribution in [3.8, 4) is 0 Å². The minimum atomic E-state index is -0.835. The molecule has 0 aliphatic heterocycles. The van der Waals surface area contributed by atoms with Crippen molar-refractivity contribution in [2.45, 2.75) is 71.8 Å². The van der Waals surface area contributed by atoms with E-state index in [4.69, 9.17) is 14.2 Å². The number of thioether (sulfide) groups is 1. The van der Waals surface area contributed by atoms with E-state index >= 15 is 0 Å². The van der Waals surface area contributed by atoms with E-state index in [0.717, 1.165) is 5.56 Å². The molecule has 0 saturated heterocycles. The molecule has 32 heavy (non-hydrogen) atoms. The number of ether oxygens (including phenoxy) is 3. The summed E-state index contributed by atoms with van der Waals surface area (Å²) in [6, 6.07) is 8.61. The van der Waals surface area contributed by atoms with Gasteiger partial charge in [-0.05, 0) is 59.3 Å². The lowest BCUT2D eigenvalue weighted by atomic mass is 10.2. The SMILES string of the molecule is CC(C)(C)OC(=O)N[C@@H](CSCCCNC(=O)OCc1ccccc1)C(=O)OC(C)(C)C. The molecule has 1 aromatic carbocycles. The van der Waals surface area contributed by atoms with Gasteiger partial charge in [-0.25, -0.2) is 14.4 Å². The Bertz CT molecular complexity index is 728. The lowest BCUT2D eigenvalue weighted by Gasteiger charge is -2.26. The van der Waals surface area contributed by atoms with E-state index in [1.165, 1.54) is 11.8 Å². The number of carbonyl (C=O) groups excluding carboxylic acids is 3. The van der Waals surface area contributed by atoms with Gasteiger partial charge in [0.25, 0.3) is 0 Å². The largest absolute Gasteiger partial charge is 0.458 e. The maximum Gasteiger partial charge on any atom is 0.408 e. The average Bonchev–Trinajstić information content (AvgIpc) is 2.66. The van der Waals surface area contributed by atoms with E-state index in [0.29, 0.717) is 24.5 Å². The second-order valence-electron chi connectivity index (χ2n) is 9.15. The van der Waals surface area contributed by atoms with Gasteiger partial charge in [0.15, 0.2) is 0 Å². The highest BCUT2D eigenvalue weighted by Gasteiger charge is 2.28. The highest BCUT2D eigenvalue weighted by Crippen LogP contribution is 2.13. The van der Waals surface area contributed by atoms with E-state index in [1.54, 1.807) is 41.5 Å². The molecule has 0 fully saturated rings. The van der Waals surface area contributed by atoms with E-state index < -0.39 is 35.4 Å². The maximum absolute atomic E-state index is 12.5. The fourth-order valence-electron chi connectivity index (χ4n) is 2.33. The van der Waals surface area contributed by atoms with Gasteiger partial charge in [0, 0.05) is 12.3 Å². The van der Waals surface area contributed by atoms with Gasteiger partial charge < -0.3 is 24.8 Å². The number of amides is 2. The number of nitrogens with one attached hydrogen (secondary N) is 2. The topological polar surface area (TPSA) is 103 Å². The lowest BCUT2D eigenvalue weighted by molar-refractivity contribution is -0.156. The minimum Gasteiger partial charge on any atom is -0.458 e. The third kappa shape index (κ3) is 13.8. The third-order valence-corrected chi connectivity index (χ3v) is 4.76. The van der Waals surface area contributed by atoms with Crippen molar-refractivity contribution >= 4 is 29.9 Å². The monoisotopic (exact) mass is 468 g/mol. The molecule has 0 aromatic heterocycles. The molecule has 2 N–H and O–H groups in total. The van der Waals surface area contributed by atoms with Gasteiger partial charge >= 0.3 is 18.2 Å². The number of benzene rings is 1. The Balaban J connectivity index is 2.36. The van der Waals surface area contributed by atoms with Crippen LogP contribution in [0.15, 0.2) is 30.3 Å². The smallest absolute Gasteiger partial charge is 0.408 e. The van der Waals surface area contributed by atoms with Crippen LogP contribution in [0.3, 0.4) is 0 Å². The van der Waals surface area contributed by atoms with Crippen molar-refractivity contribution in [2.24, 2.45) is 0 Å². The van der Waals surface area contributed by atoms with E-state index in [2.05, 4.69) is 10.6 Å². The number of hydrogen-bond acceptors (Lipinski definition) is 7. The first-order valence-electron chi connectivity index (χ1n) is 10.6. The van der Waals surface area contributed by atoms with E-state index in [1.807, 2.05) is 30.3 Å². The molecule has 0 radical (unpaired) electrons. The Labute approximate surface area is 195 Å². The summed E-state index contributed by atoms with van der Waals surface area (Å²) in [6.07, 6.45) is -0.465. The van der Waals surface area contributed by atoms with Crippen LogP contribution in [-0.4, -0.2) is 53.5 Å². The minimum absolute atomic E-state index is 0.218. The van der Waals surface area contributed by atoms with Crippen LogP contribution in [0.2, 0.25) is 0 Å². The van der Waals surface area contributed by atoms with Crippen LogP contribution >= 0.6 is 11.8 Å². The Morgan fingerprint density at radius 3 is 2.16 bits per heavy atom. The van der Waals surface area contributed by atoms with Crippen LogP contribution in [0, 0.1) is 0 Å². The van der Waals surface area contributed by atoms with Crippen molar-refractivity contribution in [3.63, 3.8) is 0 Å². The standard InChI is InChI=1S/C23H36N2O6S/c1-22(2,3)30-19(26)18(25-21(28)31-23(4,5)6)16-32-14-10-13-24-20(27)29-15-17-11-8-7-9-12-17/h7-9,11-12,18H,10,13-16H2,1-6H3,(H,24,27)(H,25,28)/t18-/m0/s1. The molecule has 0 heterocycles. The first kappa shape index (κ1) is 27.6. The molecule has 9 heteroatoms. The van der Waals surface area contributed by atoms with Crippen LogP contribution in [0.25, 0.3) is 0 Å². The quantitative estimate of drug-likeness (QED) is 0.300. The highest BCUT2D eigenvalue weighted by atomic mass is 32.2. The van der Waals surface area contributed by atoms with E-state index in [9.17, 15) is 14.4 Å². The van der Waals surface area contributed by atoms with Gasteiger partial charge in [-0.1, -0.05) is 30.3 Å². The van der Waals surface area contributed by atoms with Gasteiger partial charge in [0.1, 0.15) is 23.9 Å². The highest BCUT2D eigenvalue weighted by molar-refractivity contribution is 7.99. The zero-order chi connectivity index (χ0) is 24.2. The first-order valence-corrected chi connectivity index (χ1v) is 11.8. The molecule has 0 aliphatic carbocycles. The van der Waals surface area contributed by atoms with E-state index in [-0.39, 0.29) is 6.61 Å². The number of rotatable bonds is 10. The Hall–Kier alpha value is -2.42. The maximum atomic E-state index is 12.5. The predicted octanol–water partition coefficient (Wildman–Crippen LogP) is 4.27. The van der Waals surface area contributed by atoms with Crippen LogP contribution < -0.4 is 10.6 Å². The zero-order valence-electron chi connectivity index (χ0n) is 19.9. The molecule has 0 saturated carbocycles. The van der Waals surface area contributed by atoms with Crippen molar-refractivity contribution in [2.75, 3.05) is 18.1 Å². The predicted molar refractivity (Wildman–Crippen MR) is 126 cm³/mol. The Morgan fingerprint density at radius 1 is 0.938 bits per heavy atom. The summed E-state index contributed by atoms with van der Waals surface area (Å²) in [6.45, 7) is 11.2. The van der Waals surface area contributed by atoms with Crippen molar-refractivity contribution < 1.29 is 28.6 Å². The molecule has 0 spiro atoms. The molecule has 180 valence electrons. The molecule has 0 aliphatic rings. The van der Waals surface area contributed by atoms with Crippen molar-refractivity contribution in [1.82, 2.24) is 10.6 Å². The summed E-state index contributed by atoms with van der Waals surface area (Å²) < 4.78 is 15.8. The van der Waals surface area contributed by atoms with Crippen LogP contribution in [-0.2, 0) is 25.6 Å². The van der Waals surface area contributed by atoms with Crippen molar-refractivity contribution in [3.05, 3.63) is 35.9 Å². The molecule has 1 atom stereocenters. The molecule has 1 aromatic rings. The normalized spacial score (nSPS) is 12.4. The molecular formula is C23H36N2O6S. The Kier molecular flexibility index (Phi) is 11.4. The van der Waals surface area contributed by atoms with Crippen LogP contribution in [0.4, 0.5) is 9.59 Å². The molecule has 1 rings (SSSR count).